The number of hydrogen-bond acceptors (Lipinski definition) is 6. The van der Waals surface area contributed by atoms with E-state index < -0.39 is 18.1 Å². The van der Waals surface area contributed by atoms with Crippen LogP contribution in [-0.2, 0) is 14.3 Å². The first-order valence-electron chi connectivity index (χ1n) is 4.62. The molecule has 0 aromatic heterocycles. The van der Waals surface area contributed by atoms with E-state index in [9.17, 15) is 9.59 Å². The van der Waals surface area contributed by atoms with Gasteiger partial charge < -0.3 is 15.8 Å². The van der Waals surface area contributed by atoms with Gasteiger partial charge >= 0.3 is 5.97 Å². The lowest BCUT2D eigenvalue weighted by Gasteiger charge is -2.21. The fourth-order valence-electron chi connectivity index (χ4n) is 1.00. The Labute approximate surface area is 96.3 Å². The van der Waals surface area contributed by atoms with E-state index in [-0.39, 0.29) is 5.91 Å². The lowest BCUT2D eigenvalue weighted by atomic mass is 10.3. The number of carbonyl (C=O) groups is 2. The molecule has 2 atom stereocenters. The van der Waals surface area contributed by atoms with Gasteiger partial charge in [0.05, 0.1) is 12.6 Å². The molecule has 3 N–H and O–H groups in total. The molecule has 1 rings (SSSR count). The summed E-state index contributed by atoms with van der Waals surface area (Å²) in [5.74, 6) is 0.391. The fourth-order valence-corrected chi connectivity index (χ4v) is 3.27. The predicted octanol–water partition coefficient (Wildman–Crippen LogP) is -0.243. The first kappa shape index (κ1) is 12.7. The smallest absolute Gasteiger partial charge is 0.329 e. The highest BCUT2D eigenvalue weighted by molar-refractivity contribution is 8.76. The Hall–Kier alpha value is -0.400. The summed E-state index contributed by atoms with van der Waals surface area (Å²) in [6, 6.07) is -1.14. The van der Waals surface area contributed by atoms with Gasteiger partial charge in [-0.3, -0.25) is 4.79 Å². The summed E-state index contributed by atoms with van der Waals surface area (Å²) in [5, 5.41) is 2.58. The van der Waals surface area contributed by atoms with Crippen molar-refractivity contribution >= 4 is 33.5 Å². The van der Waals surface area contributed by atoms with Crippen molar-refractivity contribution in [3.63, 3.8) is 0 Å². The third kappa shape index (κ3) is 3.92. The van der Waals surface area contributed by atoms with Gasteiger partial charge in [-0.25, -0.2) is 4.79 Å². The van der Waals surface area contributed by atoms with E-state index in [0.29, 0.717) is 18.1 Å². The third-order valence-electron chi connectivity index (χ3n) is 1.79. The Morgan fingerprint density at radius 1 is 1.60 bits per heavy atom. The zero-order chi connectivity index (χ0) is 11.3. The van der Waals surface area contributed by atoms with Crippen molar-refractivity contribution in [1.29, 1.82) is 0 Å². The number of amides is 1. The zero-order valence-corrected chi connectivity index (χ0v) is 10.0. The summed E-state index contributed by atoms with van der Waals surface area (Å²) in [7, 11) is 3.02. The lowest BCUT2D eigenvalue weighted by molar-refractivity contribution is -0.146. The molecule has 1 aliphatic heterocycles. The van der Waals surface area contributed by atoms with E-state index in [2.05, 4.69) is 5.32 Å². The van der Waals surface area contributed by atoms with Gasteiger partial charge in [0.15, 0.2) is 0 Å². The average molecular weight is 250 g/mol. The van der Waals surface area contributed by atoms with Crippen molar-refractivity contribution in [3.8, 4) is 0 Å². The van der Waals surface area contributed by atoms with Crippen molar-refractivity contribution in [2.75, 3.05) is 18.1 Å². The number of ether oxygens (including phenoxy) is 1. The minimum atomic E-state index is -0.582. The molecule has 1 aliphatic rings. The van der Waals surface area contributed by atoms with E-state index in [0.717, 1.165) is 0 Å². The van der Waals surface area contributed by atoms with E-state index in [1.165, 1.54) is 21.6 Å². The molecular formula is C8H14N2O3S2. The van der Waals surface area contributed by atoms with Crippen LogP contribution in [0.4, 0.5) is 0 Å². The number of nitrogens with one attached hydrogen (secondary N) is 1. The van der Waals surface area contributed by atoms with Crippen LogP contribution in [0.3, 0.4) is 0 Å². The number of rotatable bonds is 2. The quantitative estimate of drug-likeness (QED) is 0.520. The maximum Gasteiger partial charge on any atom is 0.329 e. The first-order chi connectivity index (χ1) is 7.15. The third-order valence-corrected chi connectivity index (χ3v) is 4.24. The van der Waals surface area contributed by atoms with Crippen LogP contribution in [0.2, 0.25) is 0 Å². The number of carbonyl (C=O) groups excluding carboxylic acids is 2. The van der Waals surface area contributed by atoms with E-state index in [4.69, 9.17) is 10.5 Å². The zero-order valence-electron chi connectivity index (χ0n) is 8.39. The molecule has 0 bridgehead atoms. The highest BCUT2D eigenvalue weighted by atomic mass is 33.1. The van der Waals surface area contributed by atoms with E-state index in [1.54, 1.807) is 6.92 Å². The van der Waals surface area contributed by atoms with Gasteiger partial charge in [0, 0.05) is 11.5 Å². The molecule has 2 unspecified atom stereocenters. The summed E-state index contributed by atoms with van der Waals surface area (Å²) in [4.78, 5) is 22.8. The van der Waals surface area contributed by atoms with Gasteiger partial charge in [-0.2, -0.15) is 0 Å². The molecule has 0 aromatic carbocycles. The predicted molar refractivity (Wildman–Crippen MR) is 61.5 cm³/mol. The molecule has 1 saturated heterocycles. The van der Waals surface area contributed by atoms with Crippen molar-refractivity contribution < 1.29 is 14.3 Å². The van der Waals surface area contributed by atoms with Crippen molar-refractivity contribution in [2.45, 2.75) is 19.0 Å². The Morgan fingerprint density at radius 2 is 2.27 bits per heavy atom. The Balaban J connectivity index is 2.55. The average Bonchev–Trinajstić information content (AvgIpc) is 2.19. The molecule has 5 nitrogen and oxygen atoms in total. The molecule has 7 heteroatoms. The molecule has 0 radical (unpaired) electrons. The number of esters is 1. The lowest BCUT2D eigenvalue weighted by Crippen LogP contribution is -2.51. The molecule has 86 valence electrons. The van der Waals surface area contributed by atoms with Crippen LogP contribution in [-0.4, -0.2) is 42.1 Å². The van der Waals surface area contributed by atoms with Crippen molar-refractivity contribution in [1.82, 2.24) is 5.32 Å². The second kappa shape index (κ2) is 6.24. The van der Waals surface area contributed by atoms with Gasteiger partial charge in [0.25, 0.3) is 0 Å². The van der Waals surface area contributed by atoms with E-state index >= 15 is 0 Å². The topological polar surface area (TPSA) is 81.4 Å². The Bertz CT molecular complexity index is 250. The van der Waals surface area contributed by atoms with Crippen LogP contribution in [0.5, 0.6) is 0 Å². The highest BCUT2D eigenvalue weighted by Crippen LogP contribution is 2.24. The maximum atomic E-state index is 11.4. The summed E-state index contributed by atoms with van der Waals surface area (Å²) >= 11 is 0. The highest BCUT2D eigenvalue weighted by Gasteiger charge is 2.27. The van der Waals surface area contributed by atoms with Crippen molar-refractivity contribution in [3.05, 3.63) is 0 Å². The van der Waals surface area contributed by atoms with Gasteiger partial charge in [0.1, 0.15) is 6.04 Å². The second-order valence-corrected chi connectivity index (χ2v) is 5.54. The first-order valence-corrected chi connectivity index (χ1v) is 7.11. The van der Waals surface area contributed by atoms with Crippen LogP contribution in [0, 0.1) is 0 Å². The Kier molecular flexibility index (Phi) is 5.27. The summed E-state index contributed by atoms with van der Waals surface area (Å²) < 4.78 is 4.84. The van der Waals surface area contributed by atoms with E-state index in [1.807, 2.05) is 0 Å². The Morgan fingerprint density at radius 3 is 2.93 bits per heavy atom. The molecule has 0 aliphatic carbocycles. The minimum Gasteiger partial charge on any atom is -0.464 e. The maximum absolute atomic E-state index is 11.4. The van der Waals surface area contributed by atoms with Crippen LogP contribution in [0.1, 0.15) is 6.92 Å². The standard InChI is InChI=1S/C8H14N2O3S2/c1-2-13-8(12)6-4-15-14-3-5(9)7(11)10-6/h5-6H,2-4,9H2,1H3,(H,10,11). The van der Waals surface area contributed by atoms with Gasteiger partial charge in [-0.05, 0) is 6.92 Å². The molecule has 1 heterocycles. The number of nitrogens with two attached hydrogens (primary N) is 1. The molecular weight excluding hydrogens is 236 g/mol. The summed E-state index contributed by atoms with van der Waals surface area (Å²) in [6.07, 6.45) is 0. The molecule has 15 heavy (non-hydrogen) atoms. The van der Waals surface area contributed by atoms with Gasteiger partial charge in [-0.1, -0.05) is 21.6 Å². The second-order valence-electron chi connectivity index (χ2n) is 2.99. The molecule has 0 spiro atoms. The van der Waals surface area contributed by atoms with Crippen LogP contribution >= 0.6 is 21.6 Å². The summed E-state index contributed by atoms with van der Waals surface area (Å²) in [6.45, 7) is 2.05. The fraction of sp³-hybridized carbons (Fsp3) is 0.750. The monoisotopic (exact) mass is 250 g/mol. The largest absolute Gasteiger partial charge is 0.464 e. The molecule has 1 amide bonds. The number of hydrogen-bond donors (Lipinski definition) is 2. The van der Waals surface area contributed by atoms with Crippen LogP contribution in [0.15, 0.2) is 0 Å². The molecule has 1 fully saturated rings. The SMILES string of the molecule is CCOC(=O)C1CSSCC(N)C(=O)N1. The normalized spacial score (nSPS) is 27.5. The van der Waals surface area contributed by atoms with Crippen LogP contribution < -0.4 is 11.1 Å². The van der Waals surface area contributed by atoms with Crippen LogP contribution in [0.25, 0.3) is 0 Å². The molecule has 0 aromatic rings. The van der Waals surface area contributed by atoms with Gasteiger partial charge in [0.2, 0.25) is 5.91 Å². The summed E-state index contributed by atoms with van der Waals surface area (Å²) in [5.41, 5.74) is 5.59. The minimum absolute atomic E-state index is 0.291. The molecule has 0 saturated carbocycles. The van der Waals surface area contributed by atoms with Gasteiger partial charge in [-0.15, -0.1) is 0 Å². The van der Waals surface area contributed by atoms with Crippen molar-refractivity contribution in [2.24, 2.45) is 5.73 Å².